The third-order valence-corrected chi connectivity index (χ3v) is 7.38. The Morgan fingerprint density at radius 1 is 1.12 bits per heavy atom. The van der Waals surface area contributed by atoms with Gasteiger partial charge in [0.2, 0.25) is 11.9 Å². The number of ether oxygens (including phenoxy) is 1. The molecular formula is C26H30N4O3. The van der Waals surface area contributed by atoms with Crippen LogP contribution in [0.2, 0.25) is 0 Å². The van der Waals surface area contributed by atoms with Crippen molar-refractivity contribution in [2.75, 3.05) is 17.3 Å². The number of fused-ring (bicyclic) bond motifs is 3. The average molecular weight is 447 g/mol. The van der Waals surface area contributed by atoms with Crippen molar-refractivity contribution >= 4 is 34.5 Å². The second kappa shape index (κ2) is 8.54. The first-order valence-corrected chi connectivity index (χ1v) is 11.7. The molecule has 1 aromatic heterocycles. The Hall–Kier alpha value is -3.35. The zero-order valence-electron chi connectivity index (χ0n) is 19.3. The number of hydrogen-bond acceptors (Lipinski definition) is 4. The molecule has 1 N–H and O–H groups in total. The van der Waals surface area contributed by atoms with Crippen molar-refractivity contribution in [3.8, 4) is 5.75 Å². The van der Waals surface area contributed by atoms with Crippen LogP contribution in [0.1, 0.15) is 45.6 Å². The minimum Gasteiger partial charge on any atom is -0.495 e. The highest BCUT2D eigenvalue weighted by atomic mass is 16.5. The zero-order valence-corrected chi connectivity index (χ0v) is 19.3. The van der Waals surface area contributed by atoms with E-state index in [-0.39, 0.29) is 24.3 Å². The van der Waals surface area contributed by atoms with Gasteiger partial charge in [0.25, 0.3) is 5.91 Å². The number of nitrogens with zero attached hydrogens (tertiary/aromatic N) is 3. The summed E-state index contributed by atoms with van der Waals surface area (Å²) in [5.74, 6) is 1.91. The molecule has 2 aliphatic rings. The summed E-state index contributed by atoms with van der Waals surface area (Å²) in [4.78, 5) is 33.6. The van der Waals surface area contributed by atoms with Gasteiger partial charge in [0.05, 0.1) is 30.3 Å². The van der Waals surface area contributed by atoms with Crippen LogP contribution in [0.15, 0.2) is 48.5 Å². The van der Waals surface area contributed by atoms with Crippen LogP contribution in [0, 0.1) is 11.8 Å². The number of carbonyl (C=O) groups excluding carboxylic acids is 2. The highest BCUT2D eigenvalue weighted by Gasteiger charge is 2.46. The van der Waals surface area contributed by atoms with Gasteiger partial charge in [0.15, 0.2) is 0 Å². The molecule has 0 saturated heterocycles. The largest absolute Gasteiger partial charge is 0.495 e. The topological polar surface area (TPSA) is 76.5 Å². The molecule has 2 heterocycles. The van der Waals surface area contributed by atoms with Crippen molar-refractivity contribution in [2.45, 2.75) is 51.6 Å². The Morgan fingerprint density at radius 2 is 1.88 bits per heavy atom. The molecule has 0 spiro atoms. The molecule has 172 valence electrons. The Kier molecular flexibility index (Phi) is 5.56. The van der Waals surface area contributed by atoms with E-state index in [0.717, 1.165) is 23.9 Å². The average Bonchev–Trinajstić information content (AvgIpc) is 3.30. The van der Waals surface area contributed by atoms with Gasteiger partial charge in [-0.2, -0.15) is 0 Å². The number of benzene rings is 2. The molecule has 5 rings (SSSR count). The third kappa shape index (κ3) is 3.65. The van der Waals surface area contributed by atoms with Gasteiger partial charge in [0, 0.05) is 6.04 Å². The van der Waals surface area contributed by atoms with Crippen LogP contribution in [0.5, 0.6) is 5.75 Å². The van der Waals surface area contributed by atoms with E-state index in [4.69, 9.17) is 9.72 Å². The molecule has 2 amide bonds. The minimum absolute atomic E-state index is 0.0376. The maximum Gasteiger partial charge on any atom is 0.253 e. The number of nitrogens with one attached hydrogen (secondary N) is 1. The first-order chi connectivity index (χ1) is 16.0. The number of amides is 2. The predicted octanol–water partition coefficient (Wildman–Crippen LogP) is 4.79. The first kappa shape index (κ1) is 21.5. The normalized spacial score (nSPS) is 24.7. The molecule has 7 heteroatoms. The summed E-state index contributed by atoms with van der Waals surface area (Å²) >= 11 is 0. The maximum absolute atomic E-state index is 13.8. The van der Waals surface area contributed by atoms with Crippen LogP contribution >= 0.6 is 0 Å². The minimum atomic E-state index is -0.619. The summed E-state index contributed by atoms with van der Waals surface area (Å²) in [6.45, 7) is 4.50. The van der Waals surface area contributed by atoms with E-state index in [1.54, 1.807) is 19.2 Å². The van der Waals surface area contributed by atoms with Crippen LogP contribution in [-0.2, 0) is 9.59 Å². The van der Waals surface area contributed by atoms with Crippen molar-refractivity contribution in [1.82, 2.24) is 9.55 Å². The summed E-state index contributed by atoms with van der Waals surface area (Å²) in [6, 6.07) is 14.6. The fourth-order valence-corrected chi connectivity index (χ4v) is 5.41. The van der Waals surface area contributed by atoms with Crippen LogP contribution in [-0.4, -0.2) is 34.5 Å². The van der Waals surface area contributed by atoms with E-state index in [0.29, 0.717) is 29.2 Å². The number of methoxy groups -OCH3 is 1. The Labute approximate surface area is 193 Å². The van der Waals surface area contributed by atoms with Gasteiger partial charge in [0.1, 0.15) is 11.8 Å². The molecule has 7 nitrogen and oxygen atoms in total. The van der Waals surface area contributed by atoms with Gasteiger partial charge < -0.3 is 10.1 Å². The lowest BCUT2D eigenvalue weighted by molar-refractivity contribution is -0.125. The van der Waals surface area contributed by atoms with E-state index in [2.05, 4.69) is 19.2 Å². The Balaban J connectivity index is 1.49. The van der Waals surface area contributed by atoms with Crippen molar-refractivity contribution in [1.29, 1.82) is 0 Å². The summed E-state index contributed by atoms with van der Waals surface area (Å²) in [5.41, 5.74) is 2.32. The fraction of sp³-hybridized carbons (Fsp3) is 0.423. The molecule has 33 heavy (non-hydrogen) atoms. The molecule has 0 unspecified atom stereocenters. The highest BCUT2D eigenvalue weighted by Crippen LogP contribution is 2.42. The Bertz CT molecular complexity index is 1200. The molecule has 1 fully saturated rings. The number of imidazole rings is 1. The van der Waals surface area contributed by atoms with E-state index in [1.807, 2.05) is 45.9 Å². The van der Waals surface area contributed by atoms with E-state index in [1.165, 1.54) is 6.42 Å². The van der Waals surface area contributed by atoms with Crippen molar-refractivity contribution in [2.24, 2.45) is 11.8 Å². The molecule has 1 aliphatic heterocycles. The molecule has 0 bridgehead atoms. The summed E-state index contributed by atoms with van der Waals surface area (Å²) < 4.78 is 7.32. The van der Waals surface area contributed by atoms with Crippen LogP contribution < -0.4 is 15.0 Å². The van der Waals surface area contributed by atoms with Gasteiger partial charge in [-0.15, -0.1) is 0 Å². The van der Waals surface area contributed by atoms with Gasteiger partial charge in [-0.25, -0.2) is 4.98 Å². The lowest BCUT2D eigenvalue weighted by Gasteiger charge is -2.39. The van der Waals surface area contributed by atoms with Crippen molar-refractivity contribution in [3.63, 3.8) is 0 Å². The quantitative estimate of drug-likeness (QED) is 0.612. The summed E-state index contributed by atoms with van der Waals surface area (Å²) in [5, 5.41) is 2.92. The SMILES string of the molecule is COc1ccccc1NC(=O)C[C@@H]1C(=O)N([C@@H]2CCC[C@@H](C)[C@@H]2C)c2nc3ccccc3n21. The Morgan fingerprint density at radius 3 is 2.70 bits per heavy atom. The third-order valence-electron chi connectivity index (χ3n) is 7.38. The van der Waals surface area contributed by atoms with Gasteiger partial charge in [-0.1, -0.05) is 51.0 Å². The first-order valence-electron chi connectivity index (χ1n) is 11.7. The molecule has 1 aliphatic carbocycles. The number of para-hydroxylation sites is 4. The predicted molar refractivity (Wildman–Crippen MR) is 128 cm³/mol. The molecular weight excluding hydrogens is 416 g/mol. The van der Waals surface area contributed by atoms with Crippen LogP contribution in [0.4, 0.5) is 11.6 Å². The number of rotatable bonds is 5. The van der Waals surface area contributed by atoms with E-state index < -0.39 is 6.04 Å². The number of carbonyl (C=O) groups is 2. The lowest BCUT2D eigenvalue weighted by atomic mass is 9.77. The standard InChI is InChI=1S/C26H30N4O3/c1-16-9-8-13-20(17(16)2)30-25(32)22(29-21-12-6-4-10-18(21)28-26(29)30)15-24(31)27-19-11-5-7-14-23(19)33-3/h4-7,10-12,14,16-17,20,22H,8-9,13,15H2,1-3H3,(H,27,31)/t16-,17+,20-,22-/m1/s1. The van der Waals surface area contributed by atoms with Crippen molar-refractivity contribution < 1.29 is 14.3 Å². The monoisotopic (exact) mass is 446 g/mol. The molecule has 0 radical (unpaired) electrons. The molecule has 4 atom stereocenters. The second-order valence-corrected chi connectivity index (χ2v) is 9.28. The number of aromatic nitrogens is 2. The highest BCUT2D eigenvalue weighted by molar-refractivity contribution is 6.05. The fourth-order valence-electron chi connectivity index (χ4n) is 5.41. The maximum atomic E-state index is 13.8. The number of hydrogen-bond donors (Lipinski definition) is 1. The summed E-state index contributed by atoms with van der Waals surface area (Å²) in [6.07, 6.45) is 3.28. The van der Waals surface area contributed by atoms with Gasteiger partial charge >= 0.3 is 0 Å². The van der Waals surface area contributed by atoms with Crippen LogP contribution in [0.25, 0.3) is 11.0 Å². The molecule has 2 aromatic carbocycles. The number of anilines is 2. The second-order valence-electron chi connectivity index (χ2n) is 9.28. The van der Waals surface area contributed by atoms with E-state index in [9.17, 15) is 9.59 Å². The van der Waals surface area contributed by atoms with Gasteiger partial charge in [-0.05, 0) is 42.5 Å². The lowest BCUT2D eigenvalue weighted by Crippen LogP contribution is -2.47. The molecule has 1 saturated carbocycles. The van der Waals surface area contributed by atoms with Crippen LogP contribution in [0.3, 0.4) is 0 Å². The summed E-state index contributed by atoms with van der Waals surface area (Å²) in [7, 11) is 1.57. The zero-order chi connectivity index (χ0) is 23.1. The van der Waals surface area contributed by atoms with Gasteiger partial charge in [-0.3, -0.25) is 19.1 Å². The van der Waals surface area contributed by atoms with Crippen molar-refractivity contribution in [3.05, 3.63) is 48.5 Å². The smallest absolute Gasteiger partial charge is 0.253 e. The molecule has 3 aromatic rings. The van der Waals surface area contributed by atoms with E-state index >= 15 is 0 Å².